The molecule has 1 fully saturated rings. The number of benzene rings is 3. The second kappa shape index (κ2) is 8.14. The molecule has 1 aliphatic rings. The predicted octanol–water partition coefficient (Wildman–Crippen LogP) is 3.82. The summed E-state index contributed by atoms with van der Waals surface area (Å²) in [6.07, 6.45) is 0. The van der Waals surface area contributed by atoms with E-state index < -0.39 is 14.9 Å². The van der Waals surface area contributed by atoms with Crippen LogP contribution in [-0.2, 0) is 10.0 Å². The number of non-ortho nitro benzene ring substituents is 1. The lowest BCUT2D eigenvalue weighted by molar-refractivity contribution is -0.385. The molecule has 0 saturated carbocycles. The van der Waals surface area contributed by atoms with Crippen molar-refractivity contribution in [1.29, 1.82) is 0 Å². The number of piperazine rings is 1. The molecule has 0 bridgehead atoms. The molecule has 156 valence electrons. The van der Waals surface area contributed by atoms with E-state index in [9.17, 15) is 18.5 Å². The second-order valence-electron chi connectivity index (χ2n) is 7.48. The molecule has 0 radical (unpaired) electrons. The Morgan fingerprint density at radius 3 is 2.30 bits per heavy atom. The molecular formula is C22H23N3O4S. The zero-order valence-electron chi connectivity index (χ0n) is 16.6. The summed E-state index contributed by atoms with van der Waals surface area (Å²) < 4.78 is 27.3. The lowest BCUT2D eigenvalue weighted by atomic mass is 10.0. The van der Waals surface area contributed by atoms with E-state index in [1.54, 1.807) is 0 Å². The highest BCUT2D eigenvalue weighted by atomic mass is 32.2. The number of nitrogens with zero attached hydrogens (tertiary/aromatic N) is 3. The van der Waals surface area contributed by atoms with Crippen LogP contribution in [0.25, 0.3) is 10.8 Å². The number of hydrogen-bond acceptors (Lipinski definition) is 5. The Kier molecular flexibility index (Phi) is 5.55. The molecule has 1 aliphatic heterocycles. The number of sulfonamides is 1. The van der Waals surface area contributed by atoms with Crippen molar-refractivity contribution in [2.75, 3.05) is 26.2 Å². The Morgan fingerprint density at radius 1 is 0.900 bits per heavy atom. The van der Waals surface area contributed by atoms with E-state index in [4.69, 9.17) is 0 Å². The largest absolute Gasteiger partial charge is 0.294 e. The normalized spacial score (nSPS) is 17.1. The number of nitro benzene ring substituents is 1. The maximum atomic E-state index is 12.9. The van der Waals surface area contributed by atoms with E-state index in [1.807, 2.05) is 12.1 Å². The van der Waals surface area contributed by atoms with Crippen LogP contribution in [0.4, 0.5) is 5.69 Å². The zero-order valence-corrected chi connectivity index (χ0v) is 17.5. The lowest BCUT2D eigenvalue weighted by Crippen LogP contribution is -2.49. The molecule has 7 nitrogen and oxygen atoms in total. The van der Waals surface area contributed by atoms with Gasteiger partial charge in [-0.2, -0.15) is 4.31 Å². The van der Waals surface area contributed by atoms with E-state index in [0.717, 1.165) is 6.07 Å². The van der Waals surface area contributed by atoms with Crippen molar-refractivity contribution in [2.24, 2.45) is 0 Å². The standard InChI is InChI=1S/C22H23N3O4S/c1-17(19-10-9-18-5-2-3-6-20(18)15-19)23-11-13-24(14-12-23)30(28,29)22-8-4-7-21(16-22)25(26)27/h2-10,15-17H,11-14H2,1H3/t17-/m0/s1. The van der Waals surface area contributed by atoms with Crippen LogP contribution >= 0.6 is 0 Å². The van der Waals surface area contributed by atoms with Gasteiger partial charge in [-0.1, -0.05) is 42.5 Å². The Labute approximate surface area is 175 Å². The minimum absolute atomic E-state index is 0.0345. The molecule has 0 unspecified atom stereocenters. The highest BCUT2D eigenvalue weighted by Crippen LogP contribution is 2.27. The van der Waals surface area contributed by atoms with E-state index in [2.05, 4.69) is 42.2 Å². The Balaban J connectivity index is 1.47. The molecule has 30 heavy (non-hydrogen) atoms. The van der Waals surface area contributed by atoms with Gasteiger partial charge in [0.05, 0.1) is 9.82 Å². The SMILES string of the molecule is C[C@@H](c1ccc2ccccc2c1)N1CCN(S(=O)(=O)c2cccc([N+](=O)[O-])c2)CC1. The molecule has 0 aromatic heterocycles. The fourth-order valence-electron chi connectivity index (χ4n) is 3.92. The summed E-state index contributed by atoms with van der Waals surface area (Å²) in [6, 6.07) is 20.0. The maximum Gasteiger partial charge on any atom is 0.270 e. The summed E-state index contributed by atoms with van der Waals surface area (Å²) in [6.45, 7) is 4.03. The van der Waals surface area contributed by atoms with Crippen LogP contribution in [0.5, 0.6) is 0 Å². The van der Waals surface area contributed by atoms with E-state index in [-0.39, 0.29) is 16.6 Å². The maximum absolute atomic E-state index is 12.9. The van der Waals surface area contributed by atoms with Crippen LogP contribution in [0, 0.1) is 10.1 Å². The van der Waals surface area contributed by atoms with Gasteiger partial charge >= 0.3 is 0 Å². The summed E-state index contributed by atoms with van der Waals surface area (Å²) in [5, 5.41) is 13.4. The Morgan fingerprint density at radius 2 is 1.60 bits per heavy atom. The first kappa shape index (κ1) is 20.5. The number of fused-ring (bicyclic) bond motifs is 1. The monoisotopic (exact) mass is 425 g/mol. The number of rotatable bonds is 5. The quantitative estimate of drug-likeness (QED) is 0.458. The molecule has 1 atom stereocenters. The number of nitro groups is 1. The second-order valence-corrected chi connectivity index (χ2v) is 9.42. The minimum atomic E-state index is -3.76. The predicted molar refractivity (Wildman–Crippen MR) is 116 cm³/mol. The smallest absolute Gasteiger partial charge is 0.270 e. The molecule has 0 amide bonds. The van der Waals surface area contributed by atoms with Crippen LogP contribution in [0.15, 0.2) is 71.6 Å². The summed E-state index contributed by atoms with van der Waals surface area (Å²) in [7, 11) is -3.76. The van der Waals surface area contributed by atoms with Gasteiger partial charge in [0.25, 0.3) is 5.69 Å². The van der Waals surface area contributed by atoms with Crippen LogP contribution < -0.4 is 0 Å². The Hall–Kier alpha value is -2.81. The molecule has 8 heteroatoms. The van der Waals surface area contributed by atoms with E-state index in [1.165, 1.54) is 38.8 Å². The van der Waals surface area contributed by atoms with Crippen LogP contribution in [0.2, 0.25) is 0 Å². The molecule has 0 aliphatic carbocycles. The summed E-state index contributed by atoms with van der Waals surface area (Å²) in [4.78, 5) is 12.6. The van der Waals surface area contributed by atoms with Crippen LogP contribution in [-0.4, -0.2) is 48.7 Å². The topological polar surface area (TPSA) is 83.8 Å². The molecule has 1 heterocycles. The van der Waals surface area contributed by atoms with Gasteiger partial charge in [0.15, 0.2) is 0 Å². The highest BCUT2D eigenvalue weighted by molar-refractivity contribution is 7.89. The van der Waals surface area contributed by atoms with Crippen molar-refractivity contribution in [1.82, 2.24) is 9.21 Å². The molecule has 1 saturated heterocycles. The van der Waals surface area contributed by atoms with Gasteiger partial charge in [-0.05, 0) is 35.4 Å². The summed E-state index contributed by atoms with van der Waals surface area (Å²) >= 11 is 0. The van der Waals surface area contributed by atoms with Gasteiger partial charge in [0.2, 0.25) is 10.0 Å². The van der Waals surface area contributed by atoms with E-state index >= 15 is 0 Å². The molecule has 3 aromatic carbocycles. The van der Waals surface area contributed by atoms with Gasteiger partial charge in [-0.25, -0.2) is 8.42 Å². The van der Waals surface area contributed by atoms with Gasteiger partial charge < -0.3 is 0 Å². The van der Waals surface area contributed by atoms with Crippen molar-refractivity contribution in [3.63, 3.8) is 0 Å². The van der Waals surface area contributed by atoms with Crippen molar-refractivity contribution < 1.29 is 13.3 Å². The molecular weight excluding hydrogens is 402 g/mol. The molecule has 0 N–H and O–H groups in total. The van der Waals surface area contributed by atoms with Crippen molar-refractivity contribution in [3.8, 4) is 0 Å². The zero-order chi connectivity index (χ0) is 21.3. The molecule has 4 rings (SSSR count). The average molecular weight is 426 g/mol. The fourth-order valence-corrected chi connectivity index (χ4v) is 5.38. The highest BCUT2D eigenvalue weighted by Gasteiger charge is 2.31. The first-order chi connectivity index (χ1) is 14.4. The Bertz CT molecular complexity index is 1190. The first-order valence-corrected chi connectivity index (χ1v) is 11.3. The lowest BCUT2D eigenvalue weighted by Gasteiger charge is -2.37. The third kappa shape index (κ3) is 3.94. The molecule has 3 aromatic rings. The summed E-state index contributed by atoms with van der Waals surface area (Å²) in [5.41, 5.74) is 0.975. The van der Waals surface area contributed by atoms with Gasteiger partial charge in [0.1, 0.15) is 0 Å². The van der Waals surface area contributed by atoms with Gasteiger partial charge in [0, 0.05) is 44.4 Å². The third-order valence-corrected chi connectivity index (χ3v) is 7.64. The van der Waals surface area contributed by atoms with Crippen LogP contribution in [0.1, 0.15) is 18.5 Å². The summed E-state index contributed by atoms with van der Waals surface area (Å²) in [5.74, 6) is 0. The third-order valence-electron chi connectivity index (χ3n) is 5.74. The average Bonchev–Trinajstić information content (AvgIpc) is 2.78. The molecule has 0 spiro atoms. The van der Waals surface area contributed by atoms with Crippen molar-refractivity contribution in [3.05, 3.63) is 82.4 Å². The van der Waals surface area contributed by atoms with Crippen molar-refractivity contribution in [2.45, 2.75) is 17.9 Å². The van der Waals surface area contributed by atoms with Crippen LogP contribution in [0.3, 0.4) is 0 Å². The fraction of sp³-hybridized carbons (Fsp3) is 0.273. The van der Waals surface area contributed by atoms with Crippen molar-refractivity contribution >= 4 is 26.5 Å². The van der Waals surface area contributed by atoms with Gasteiger partial charge in [-0.3, -0.25) is 15.0 Å². The van der Waals surface area contributed by atoms with Gasteiger partial charge in [-0.15, -0.1) is 0 Å². The first-order valence-electron chi connectivity index (χ1n) is 9.83. The van der Waals surface area contributed by atoms with E-state index in [0.29, 0.717) is 26.2 Å². The number of hydrogen-bond donors (Lipinski definition) is 0. The minimum Gasteiger partial charge on any atom is -0.294 e.